The van der Waals surface area contributed by atoms with Crippen molar-refractivity contribution < 1.29 is 80.2 Å². The highest BCUT2D eigenvalue weighted by Crippen LogP contribution is 2.45. The lowest BCUT2D eigenvalue weighted by atomic mass is 9.99. The fourth-order valence-electron chi connectivity index (χ4n) is 11.9. The van der Waals surface area contributed by atoms with Crippen molar-refractivity contribution in [3.63, 3.8) is 0 Å². The first-order valence-corrected chi connectivity index (χ1v) is 43.4. The molecule has 0 bridgehead atoms. The number of unbranched alkanes of at least 4 members (excludes halogenated alkanes) is 43. The summed E-state index contributed by atoms with van der Waals surface area (Å²) in [6.07, 6.45) is 55.8. The molecule has 0 fully saturated rings. The number of carbonyl (C=O) groups is 4. The van der Waals surface area contributed by atoms with E-state index in [4.69, 9.17) is 37.0 Å². The standard InChI is InChI=1S/C78H152O17P2/c1-8-10-11-12-13-38-45-52-59-75(80)88-65-74(95-78(83)62-55-48-41-34-36-43-50-57-70(5)6)68-93-97(86,87)91-64-72(79)63-90-96(84,85)92-67-73(66-89-76(81)60-53-46-39-32-28-24-21-20-22-26-30-35-42-49-56-69(3)4)94-77(82)61-54-47-40-33-29-25-19-17-15-14-16-18-23-27-31-37-44-51-58-71(7)9-2/h69-74,79H,8-68H2,1-7H3,(H,84,85)(H,86,87)/t71?,72-,73-,74-/m1/s1. The molecule has 576 valence electrons. The average molecular weight is 1420 g/mol. The van der Waals surface area contributed by atoms with Gasteiger partial charge in [0.2, 0.25) is 0 Å². The lowest BCUT2D eigenvalue weighted by Gasteiger charge is -2.21. The van der Waals surface area contributed by atoms with Gasteiger partial charge in [-0.3, -0.25) is 37.3 Å². The minimum atomic E-state index is -4.96. The molecular weight excluding hydrogens is 1270 g/mol. The van der Waals surface area contributed by atoms with Gasteiger partial charge >= 0.3 is 39.5 Å². The van der Waals surface area contributed by atoms with Gasteiger partial charge in [0.1, 0.15) is 19.3 Å². The van der Waals surface area contributed by atoms with Gasteiger partial charge < -0.3 is 33.8 Å². The Labute approximate surface area is 594 Å². The number of aliphatic hydroxyl groups excluding tert-OH is 1. The minimum Gasteiger partial charge on any atom is -0.462 e. The molecule has 17 nitrogen and oxygen atoms in total. The third kappa shape index (κ3) is 70.9. The Morgan fingerprint density at radius 2 is 0.526 bits per heavy atom. The summed E-state index contributed by atoms with van der Waals surface area (Å²) in [5, 5.41) is 10.6. The number of hydrogen-bond acceptors (Lipinski definition) is 15. The van der Waals surface area contributed by atoms with E-state index in [9.17, 15) is 43.2 Å². The van der Waals surface area contributed by atoms with Gasteiger partial charge in [0.15, 0.2) is 12.2 Å². The summed E-state index contributed by atoms with van der Waals surface area (Å²) in [7, 11) is -9.91. The highest BCUT2D eigenvalue weighted by molar-refractivity contribution is 7.47. The number of ether oxygens (including phenoxy) is 4. The lowest BCUT2D eigenvalue weighted by Crippen LogP contribution is -2.30. The van der Waals surface area contributed by atoms with E-state index in [0.29, 0.717) is 31.6 Å². The third-order valence-electron chi connectivity index (χ3n) is 18.5. The first-order chi connectivity index (χ1) is 46.8. The van der Waals surface area contributed by atoms with Crippen molar-refractivity contribution in [2.24, 2.45) is 17.8 Å². The molecule has 0 aliphatic rings. The summed E-state index contributed by atoms with van der Waals surface area (Å²) in [6, 6.07) is 0. The van der Waals surface area contributed by atoms with E-state index in [2.05, 4.69) is 48.5 Å². The van der Waals surface area contributed by atoms with Crippen LogP contribution in [0, 0.1) is 17.8 Å². The van der Waals surface area contributed by atoms with Crippen LogP contribution in [0.15, 0.2) is 0 Å². The number of phosphoric acid groups is 2. The van der Waals surface area contributed by atoms with E-state index in [0.717, 1.165) is 108 Å². The maximum atomic E-state index is 13.1. The topological polar surface area (TPSA) is 237 Å². The van der Waals surface area contributed by atoms with Gasteiger partial charge in [0.25, 0.3) is 0 Å². The maximum absolute atomic E-state index is 13.1. The van der Waals surface area contributed by atoms with E-state index in [1.165, 1.54) is 205 Å². The SMILES string of the molecule is CCCCCCCCCCC(=O)OC[C@H](COP(=O)(O)OC[C@H](O)COP(=O)(O)OC[C@@H](COC(=O)CCCCCCCCCCCCCCCCC(C)C)OC(=O)CCCCCCCCCCCCCCCCCCCCC(C)CC)OC(=O)CCCCCCCCCC(C)C. The van der Waals surface area contributed by atoms with Crippen molar-refractivity contribution in [3.05, 3.63) is 0 Å². The fourth-order valence-corrected chi connectivity index (χ4v) is 13.5. The largest absolute Gasteiger partial charge is 0.472 e. The number of carbonyl (C=O) groups excluding carboxylic acids is 4. The van der Waals surface area contributed by atoms with Gasteiger partial charge in [0, 0.05) is 25.7 Å². The maximum Gasteiger partial charge on any atom is 0.472 e. The molecule has 0 saturated heterocycles. The summed E-state index contributed by atoms with van der Waals surface area (Å²) in [5.41, 5.74) is 0. The smallest absolute Gasteiger partial charge is 0.462 e. The van der Waals surface area contributed by atoms with Crippen molar-refractivity contribution in [2.45, 2.75) is 420 Å². The van der Waals surface area contributed by atoms with Crippen LogP contribution in [-0.2, 0) is 65.4 Å². The predicted molar refractivity (Wildman–Crippen MR) is 395 cm³/mol. The van der Waals surface area contributed by atoms with Crippen LogP contribution in [0.25, 0.3) is 0 Å². The molecule has 0 rings (SSSR count). The molecule has 97 heavy (non-hydrogen) atoms. The summed E-state index contributed by atoms with van der Waals surface area (Å²) >= 11 is 0. The van der Waals surface area contributed by atoms with E-state index in [1.807, 2.05) is 0 Å². The van der Waals surface area contributed by atoms with Gasteiger partial charge in [-0.05, 0) is 43.4 Å². The second-order valence-corrected chi connectivity index (χ2v) is 32.2. The fraction of sp³-hybridized carbons (Fsp3) is 0.949. The van der Waals surface area contributed by atoms with Gasteiger partial charge in [0.05, 0.1) is 26.4 Å². The quantitative estimate of drug-likeness (QED) is 0.0222. The molecule has 0 radical (unpaired) electrons. The average Bonchev–Trinajstić information content (AvgIpc) is 1.38. The molecule has 19 heteroatoms. The first kappa shape index (κ1) is 95.1. The molecule has 3 unspecified atom stereocenters. The van der Waals surface area contributed by atoms with Gasteiger partial charge in [-0.25, -0.2) is 9.13 Å². The number of hydrogen-bond donors (Lipinski definition) is 3. The zero-order valence-corrected chi connectivity index (χ0v) is 65.3. The Kier molecular flexibility index (Phi) is 67.1. The van der Waals surface area contributed by atoms with Crippen molar-refractivity contribution in [1.29, 1.82) is 0 Å². The molecule has 3 N–H and O–H groups in total. The molecule has 6 atom stereocenters. The molecule has 0 amide bonds. The van der Waals surface area contributed by atoms with Crippen LogP contribution in [-0.4, -0.2) is 96.7 Å². The van der Waals surface area contributed by atoms with E-state index in [-0.39, 0.29) is 25.7 Å². The molecule has 0 heterocycles. The van der Waals surface area contributed by atoms with Crippen LogP contribution in [0.5, 0.6) is 0 Å². The van der Waals surface area contributed by atoms with Crippen LogP contribution in [0.1, 0.15) is 402 Å². The molecular formula is C78H152O17P2. The molecule has 0 aromatic carbocycles. The van der Waals surface area contributed by atoms with Crippen LogP contribution < -0.4 is 0 Å². The Bertz CT molecular complexity index is 1890. The zero-order valence-electron chi connectivity index (χ0n) is 63.5. The minimum absolute atomic E-state index is 0.103. The van der Waals surface area contributed by atoms with E-state index >= 15 is 0 Å². The van der Waals surface area contributed by atoms with Crippen molar-refractivity contribution in [3.8, 4) is 0 Å². The Morgan fingerprint density at radius 1 is 0.299 bits per heavy atom. The molecule has 0 saturated carbocycles. The highest BCUT2D eigenvalue weighted by Gasteiger charge is 2.30. The van der Waals surface area contributed by atoms with Crippen LogP contribution in [0.2, 0.25) is 0 Å². The molecule has 0 aromatic heterocycles. The molecule has 0 aliphatic heterocycles. The number of phosphoric ester groups is 2. The van der Waals surface area contributed by atoms with Crippen LogP contribution in [0.3, 0.4) is 0 Å². The van der Waals surface area contributed by atoms with E-state index < -0.39 is 97.5 Å². The van der Waals surface area contributed by atoms with Crippen molar-refractivity contribution in [1.82, 2.24) is 0 Å². The van der Waals surface area contributed by atoms with Gasteiger partial charge in [-0.1, -0.05) is 350 Å². The zero-order chi connectivity index (χ0) is 71.6. The number of esters is 4. The second-order valence-electron chi connectivity index (χ2n) is 29.3. The monoisotopic (exact) mass is 1420 g/mol. The second kappa shape index (κ2) is 68.5. The summed E-state index contributed by atoms with van der Waals surface area (Å²) in [5.74, 6) is 0.245. The molecule has 0 spiro atoms. The summed E-state index contributed by atoms with van der Waals surface area (Å²) in [4.78, 5) is 72.7. The first-order valence-electron chi connectivity index (χ1n) is 40.4. The number of rotatable bonds is 76. The Balaban J connectivity index is 5.17. The summed E-state index contributed by atoms with van der Waals surface area (Å²) in [6.45, 7) is 11.9. The third-order valence-corrected chi connectivity index (χ3v) is 20.4. The highest BCUT2D eigenvalue weighted by atomic mass is 31.2. The van der Waals surface area contributed by atoms with Gasteiger partial charge in [-0.15, -0.1) is 0 Å². The Hall–Kier alpha value is -1.94. The lowest BCUT2D eigenvalue weighted by molar-refractivity contribution is -0.161. The Morgan fingerprint density at radius 3 is 0.784 bits per heavy atom. The van der Waals surface area contributed by atoms with Gasteiger partial charge in [-0.2, -0.15) is 0 Å². The predicted octanol–water partition coefficient (Wildman–Crippen LogP) is 23.0. The van der Waals surface area contributed by atoms with E-state index in [1.54, 1.807) is 0 Å². The molecule has 0 aliphatic carbocycles. The van der Waals surface area contributed by atoms with Crippen molar-refractivity contribution >= 4 is 39.5 Å². The van der Waals surface area contributed by atoms with Crippen LogP contribution in [0.4, 0.5) is 0 Å². The number of aliphatic hydroxyl groups is 1. The van der Waals surface area contributed by atoms with Crippen molar-refractivity contribution in [2.75, 3.05) is 39.6 Å². The van der Waals surface area contributed by atoms with Crippen LogP contribution >= 0.6 is 15.6 Å². The normalized spacial score (nSPS) is 14.3. The summed E-state index contributed by atoms with van der Waals surface area (Å²) < 4.78 is 68.4. The molecule has 0 aromatic rings.